The Labute approximate surface area is 178 Å². The molecule has 10 heteroatoms. The highest BCUT2D eigenvalue weighted by atomic mass is 35.5. The summed E-state index contributed by atoms with van der Waals surface area (Å²) in [6, 6.07) is 17.7. The summed E-state index contributed by atoms with van der Waals surface area (Å²) in [7, 11) is -3.70. The first kappa shape index (κ1) is 20.3. The molecule has 2 aromatic heterocycles. The van der Waals surface area contributed by atoms with Crippen molar-refractivity contribution in [2.45, 2.75) is 11.8 Å². The molecule has 2 heterocycles. The molecule has 0 spiro atoms. The number of benzene rings is 2. The van der Waals surface area contributed by atoms with Crippen molar-refractivity contribution in [1.82, 2.24) is 24.5 Å². The van der Waals surface area contributed by atoms with Crippen molar-refractivity contribution in [2.24, 2.45) is 0 Å². The Balaban J connectivity index is 1.44. The van der Waals surface area contributed by atoms with E-state index >= 15 is 0 Å². The van der Waals surface area contributed by atoms with Crippen molar-refractivity contribution < 1.29 is 13.2 Å². The van der Waals surface area contributed by atoms with Crippen molar-refractivity contribution in [3.63, 3.8) is 0 Å². The van der Waals surface area contributed by atoms with E-state index in [2.05, 4.69) is 20.0 Å². The molecular formula is C20H18ClN5O3S. The number of hydrogen-bond donors (Lipinski definition) is 1. The predicted molar refractivity (Wildman–Crippen MR) is 113 cm³/mol. The molecule has 0 saturated heterocycles. The second kappa shape index (κ2) is 8.39. The number of nitrogens with zero attached hydrogens (tertiary/aromatic N) is 4. The fraction of sp³-hybridized carbons (Fsp3) is 0.150. The zero-order valence-electron chi connectivity index (χ0n) is 16.0. The minimum atomic E-state index is -3.70. The van der Waals surface area contributed by atoms with Crippen LogP contribution in [0.25, 0.3) is 17.0 Å². The summed E-state index contributed by atoms with van der Waals surface area (Å²) in [5.41, 5.74) is 2.07. The van der Waals surface area contributed by atoms with Crippen LogP contribution < -0.4 is 9.46 Å². The van der Waals surface area contributed by atoms with Crippen LogP contribution in [-0.4, -0.2) is 41.4 Å². The van der Waals surface area contributed by atoms with Gasteiger partial charge in [0.1, 0.15) is 6.61 Å². The summed E-state index contributed by atoms with van der Waals surface area (Å²) < 4.78 is 34.7. The summed E-state index contributed by atoms with van der Waals surface area (Å²) in [6.07, 6.45) is 0. The fourth-order valence-electron chi connectivity index (χ4n) is 2.89. The maximum Gasteiger partial charge on any atom is 0.240 e. The first-order valence-corrected chi connectivity index (χ1v) is 11.0. The molecule has 30 heavy (non-hydrogen) atoms. The van der Waals surface area contributed by atoms with Gasteiger partial charge in [-0.3, -0.25) is 0 Å². The Morgan fingerprint density at radius 2 is 1.87 bits per heavy atom. The van der Waals surface area contributed by atoms with E-state index in [0.29, 0.717) is 27.9 Å². The van der Waals surface area contributed by atoms with Gasteiger partial charge in [-0.15, -0.1) is 15.3 Å². The van der Waals surface area contributed by atoms with Crippen LogP contribution in [0.3, 0.4) is 0 Å². The number of fused-ring (bicyclic) bond motifs is 1. The zero-order valence-corrected chi connectivity index (χ0v) is 17.6. The molecule has 1 N–H and O–H groups in total. The number of hydrogen-bond acceptors (Lipinski definition) is 6. The molecule has 4 rings (SSSR count). The van der Waals surface area contributed by atoms with Crippen LogP contribution in [-0.2, 0) is 10.0 Å². The average molecular weight is 444 g/mol. The Hall–Kier alpha value is -3.01. The molecule has 0 bridgehead atoms. The molecule has 0 radical (unpaired) electrons. The van der Waals surface area contributed by atoms with E-state index < -0.39 is 10.0 Å². The van der Waals surface area contributed by atoms with Crippen LogP contribution in [0.4, 0.5) is 0 Å². The van der Waals surface area contributed by atoms with Gasteiger partial charge in [0.2, 0.25) is 15.9 Å². The molecule has 154 valence electrons. The lowest BCUT2D eigenvalue weighted by atomic mass is 10.2. The van der Waals surface area contributed by atoms with E-state index in [1.54, 1.807) is 35.7 Å². The van der Waals surface area contributed by atoms with Gasteiger partial charge in [0.05, 0.1) is 4.90 Å². The van der Waals surface area contributed by atoms with Gasteiger partial charge in [-0.25, -0.2) is 13.1 Å². The molecular weight excluding hydrogens is 426 g/mol. The summed E-state index contributed by atoms with van der Waals surface area (Å²) in [5, 5.41) is 13.0. The second-order valence-corrected chi connectivity index (χ2v) is 8.66. The monoisotopic (exact) mass is 443 g/mol. The van der Waals surface area contributed by atoms with Gasteiger partial charge in [0.25, 0.3) is 0 Å². The van der Waals surface area contributed by atoms with Crippen molar-refractivity contribution >= 4 is 27.3 Å². The van der Waals surface area contributed by atoms with Crippen LogP contribution in [0, 0.1) is 6.92 Å². The largest absolute Gasteiger partial charge is 0.475 e. The molecule has 0 aliphatic heterocycles. The number of aromatic nitrogens is 4. The van der Waals surface area contributed by atoms with E-state index in [4.69, 9.17) is 16.3 Å². The van der Waals surface area contributed by atoms with Gasteiger partial charge in [0.15, 0.2) is 11.5 Å². The van der Waals surface area contributed by atoms with Crippen LogP contribution in [0.15, 0.2) is 65.6 Å². The van der Waals surface area contributed by atoms with Gasteiger partial charge in [-0.2, -0.15) is 4.52 Å². The number of nitrogens with one attached hydrogen (secondary N) is 1. The molecule has 2 aromatic carbocycles. The molecule has 8 nitrogen and oxygen atoms in total. The van der Waals surface area contributed by atoms with Crippen molar-refractivity contribution in [3.05, 3.63) is 71.2 Å². The van der Waals surface area contributed by atoms with Crippen molar-refractivity contribution in [2.75, 3.05) is 13.2 Å². The Kier molecular flexibility index (Phi) is 5.67. The molecule has 4 aromatic rings. The Morgan fingerprint density at radius 1 is 1.07 bits per heavy atom. The summed E-state index contributed by atoms with van der Waals surface area (Å²) in [4.78, 5) is 0.145. The maximum absolute atomic E-state index is 12.5. The van der Waals surface area contributed by atoms with Crippen molar-refractivity contribution in [3.8, 4) is 17.3 Å². The first-order valence-electron chi connectivity index (χ1n) is 9.10. The maximum atomic E-state index is 12.5. The highest BCUT2D eigenvalue weighted by Crippen LogP contribution is 2.20. The van der Waals surface area contributed by atoms with Crippen LogP contribution in [0.1, 0.15) is 5.56 Å². The minimum Gasteiger partial charge on any atom is -0.475 e. The third-order valence-corrected chi connectivity index (χ3v) is 6.19. The molecule has 0 unspecified atom stereocenters. The predicted octanol–water partition coefficient (Wildman–Crippen LogP) is 3.11. The summed E-state index contributed by atoms with van der Waals surface area (Å²) in [5.74, 6) is 0.922. The van der Waals surface area contributed by atoms with E-state index in [-0.39, 0.29) is 18.0 Å². The molecule has 0 atom stereocenters. The molecule has 0 aliphatic carbocycles. The minimum absolute atomic E-state index is 0.0712. The second-order valence-electron chi connectivity index (χ2n) is 6.49. The number of rotatable bonds is 7. The number of halogens is 1. The van der Waals surface area contributed by atoms with Crippen LogP contribution in [0.2, 0.25) is 5.02 Å². The zero-order chi connectivity index (χ0) is 21.1. The number of sulfonamides is 1. The van der Waals surface area contributed by atoms with Gasteiger partial charge in [-0.05, 0) is 30.7 Å². The van der Waals surface area contributed by atoms with Crippen LogP contribution in [0.5, 0.6) is 5.88 Å². The first-order chi connectivity index (χ1) is 14.4. The molecule has 0 amide bonds. The molecule has 0 fully saturated rings. The number of ether oxygens (including phenoxy) is 1. The summed E-state index contributed by atoms with van der Waals surface area (Å²) in [6.45, 7) is 1.88. The lowest BCUT2D eigenvalue weighted by molar-refractivity contribution is 0.306. The van der Waals surface area contributed by atoms with E-state index in [1.165, 1.54) is 6.07 Å². The standard InChI is InChI=1S/C20H18ClN5O3S/c1-14-7-8-16(21)13-17(14)30(27,28)22-11-12-29-19-10-9-18-23-24-20(26(18)25-19)15-5-3-2-4-6-15/h2-10,13,22H,11-12H2,1H3. The quantitative estimate of drug-likeness (QED) is 0.441. The van der Waals surface area contributed by atoms with E-state index in [1.807, 2.05) is 30.3 Å². The molecule has 0 saturated carbocycles. The van der Waals surface area contributed by atoms with Gasteiger partial charge >= 0.3 is 0 Å². The van der Waals surface area contributed by atoms with Gasteiger partial charge < -0.3 is 4.74 Å². The number of aryl methyl sites for hydroxylation is 1. The molecule has 0 aliphatic rings. The SMILES string of the molecule is Cc1ccc(Cl)cc1S(=O)(=O)NCCOc1ccc2nnc(-c3ccccc3)n2n1. The smallest absolute Gasteiger partial charge is 0.240 e. The van der Waals surface area contributed by atoms with E-state index in [0.717, 1.165) is 5.56 Å². The fourth-order valence-corrected chi connectivity index (χ4v) is 4.41. The van der Waals surface area contributed by atoms with Crippen molar-refractivity contribution in [1.29, 1.82) is 0 Å². The van der Waals surface area contributed by atoms with Crippen LogP contribution >= 0.6 is 11.6 Å². The lowest BCUT2D eigenvalue weighted by Gasteiger charge is -2.10. The van der Waals surface area contributed by atoms with Gasteiger partial charge in [0, 0.05) is 23.2 Å². The average Bonchev–Trinajstić information content (AvgIpc) is 3.17. The summed E-state index contributed by atoms with van der Waals surface area (Å²) >= 11 is 5.92. The Morgan fingerprint density at radius 3 is 2.67 bits per heavy atom. The van der Waals surface area contributed by atoms with Gasteiger partial charge in [-0.1, -0.05) is 48.0 Å². The topological polar surface area (TPSA) is 98.5 Å². The third kappa shape index (κ3) is 4.28. The normalized spacial score (nSPS) is 11.7. The Bertz CT molecular complexity index is 1290. The van der Waals surface area contributed by atoms with E-state index in [9.17, 15) is 8.42 Å². The lowest BCUT2D eigenvalue weighted by Crippen LogP contribution is -2.29. The highest BCUT2D eigenvalue weighted by molar-refractivity contribution is 7.89. The highest BCUT2D eigenvalue weighted by Gasteiger charge is 2.17. The third-order valence-electron chi connectivity index (χ3n) is 4.35.